The van der Waals surface area contributed by atoms with E-state index in [0.717, 1.165) is 24.8 Å². The molecule has 0 aliphatic carbocycles. The van der Waals surface area contributed by atoms with Crippen LogP contribution in [-0.4, -0.2) is 15.1 Å². The Morgan fingerprint density at radius 2 is 1.68 bits per heavy atom. The molecule has 0 amide bonds. The Morgan fingerprint density at radius 3 is 2.26 bits per heavy atom. The van der Waals surface area contributed by atoms with Crippen molar-refractivity contribution < 1.29 is 5.11 Å². The molecule has 0 aliphatic rings. The van der Waals surface area contributed by atoms with Crippen molar-refractivity contribution >= 4 is 12.6 Å². The zero-order valence-corrected chi connectivity index (χ0v) is 13.0. The van der Waals surface area contributed by atoms with Crippen LogP contribution in [0.4, 0.5) is 0 Å². The number of rotatable bonds is 9. The predicted molar refractivity (Wildman–Crippen MR) is 82.3 cm³/mol. The third-order valence-corrected chi connectivity index (χ3v) is 3.68. The summed E-state index contributed by atoms with van der Waals surface area (Å²) >= 11 is 4.27. The molecule has 1 atom stereocenters. The summed E-state index contributed by atoms with van der Waals surface area (Å²) in [6.07, 6.45) is 12.2. The van der Waals surface area contributed by atoms with Gasteiger partial charge in [-0.2, -0.15) is 0 Å². The Bertz CT molecular complexity index is 352. The summed E-state index contributed by atoms with van der Waals surface area (Å²) in [4.78, 5) is 7.33. The van der Waals surface area contributed by atoms with Crippen LogP contribution in [-0.2, 0) is 11.4 Å². The van der Waals surface area contributed by atoms with Crippen LogP contribution in [0.5, 0.6) is 0 Å². The van der Waals surface area contributed by atoms with Crippen LogP contribution in [0, 0.1) is 0 Å². The summed E-state index contributed by atoms with van der Waals surface area (Å²) in [5.41, 5.74) is 1.14. The number of unbranched alkanes of at least 4 members (excludes halogenated alkanes) is 4. The van der Waals surface area contributed by atoms with Gasteiger partial charge >= 0.3 is 0 Å². The molecule has 19 heavy (non-hydrogen) atoms. The first kappa shape index (κ1) is 16.4. The summed E-state index contributed by atoms with van der Waals surface area (Å²) in [5, 5.41) is 10.2. The van der Waals surface area contributed by atoms with Crippen LogP contribution in [0.3, 0.4) is 0 Å². The predicted octanol–water partition coefficient (Wildman–Crippen LogP) is 3.86. The SMILES string of the molecule is CCCCCCc1cnc(C(O)(S)CCCC)nc1. The third-order valence-electron chi connectivity index (χ3n) is 3.26. The average molecular weight is 282 g/mol. The molecule has 108 valence electrons. The second-order valence-electron chi connectivity index (χ2n) is 5.15. The lowest BCUT2D eigenvalue weighted by Crippen LogP contribution is -2.21. The lowest BCUT2D eigenvalue weighted by atomic mass is 10.1. The lowest BCUT2D eigenvalue weighted by molar-refractivity contribution is 0.117. The Hall–Kier alpha value is -0.610. The molecule has 0 aromatic carbocycles. The first-order valence-electron chi connectivity index (χ1n) is 7.36. The van der Waals surface area contributed by atoms with Gasteiger partial charge in [-0.3, -0.25) is 0 Å². The fourth-order valence-corrected chi connectivity index (χ4v) is 2.26. The number of nitrogens with zero attached hydrogens (tertiary/aromatic N) is 2. The van der Waals surface area contributed by atoms with Crippen molar-refractivity contribution in [1.29, 1.82) is 0 Å². The van der Waals surface area contributed by atoms with Gasteiger partial charge in [0.15, 0.2) is 10.8 Å². The van der Waals surface area contributed by atoms with Gasteiger partial charge in [0.05, 0.1) is 0 Å². The molecule has 0 radical (unpaired) electrons. The van der Waals surface area contributed by atoms with Gasteiger partial charge in [0.2, 0.25) is 0 Å². The highest BCUT2D eigenvalue weighted by atomic mass is 32.1. The maximum Gasteiger partial charge on any atom is 0.170 e. The maximum atomic E-state index is 10.2. The minimum Gasteiger partial charge on any atom is -0.372 e. The molecule has 3 nitrogen and oxygen atoms in total. The molecule has 1 N–H and O–H groups in total. The van der Waals surface area contributed by atoms with E-state index in [9.17, 15) is 5.11 Å². The fourth-order valence-electron chi connectivity index (χ4n) is 1.98. The van der Waals surface area contributed by atoms with E-state index in [-0.39, 0.29) is 0 Å². The van der Waals surface area contributed by atoms with Gasteiger partial charge in [0.25, 0.3) is 0 Å². The summed E-state index contributed by atoms with van der Waals surface area (Å²) in [7, 11) is 0. The number of aromatic nitrogens is 2. The number of hydrogen-bond donors (Lipinski definition) is 2. The van der Waals surface area contributed by atoms with E-state index in [4.69, 9.17) is 0 Å². The molecule has 0 fully saturated rings. The summed E-state index contributed by atoms with van der Waals surface area (Å²) in [5.74, 6) is 0.418. The number of aliphatic hydroxyl groups is 1. The Morgan fingerprint density at radius 1 is 1.05 bits per heavy atom. The normalized spacial score (nSPS) is 14.3. The van der Waals surface area contributed by atoms with E-state index >= 15 is 0 Å². The zero-order valence-electron chi connectivity index (χ0n) is 12.1. The standard InChI is InChI=1S/C15H26N2OS/c1-3-5-7-8-9-13-11-16-14(17-12-13)15(18,19)10-6-4-2/h11-12,18-19H,3-10H2,1-2H3. The van der Waals surface area contributed by atoms with Crippen molar-refractivity contribution in [3.05, 3.63) is 23.8 Å². The summed E-state index contributed by atoms with van der Waals surface area (Å²) < 4.78 is 0. The molecule has 0 bridgehead atoms. The van der Waals surface area contributed by atoms with Gasteiger partial charge in [-0.1, -0.05) is 39.5 Å². The van der Waals surface area contributed by atoms with E-state index in [2.05, 4.69) is 36.4 Å². The first-order valence-corrected chi connectivity index (χ1v) is 7.81. The van der Waals surface area contributed by atoms with E-state index < -0.39 is 4.93 Å². The molecule has 0 saturated heterocycles. The molecule has 1 heterocycles. The maximum absolute atomic E-state index is 10.2. The molecule has 4 heteroatoms. The van der Waals surface area contributed by atoms with Crippen molar-refractivity contribution in [2.24, 2.45) is 0 Å². The van der Waals surface area contributed by atoms with E-state index in [0.29, 0.717) is 12.2 Å². The molecule has 0 saturated carbocycles. The minimum absolute atomic E-state index is 0.418. The van der Waals surface area contributed by atoms with Crippen LogP contribution >= 0.6 is 12.6 Å². The van der Waals surface area contributed by atoms with Crippen LogP contribution in [0.15, 0.2) is 12.4 Å². The van der Waals surface area contributed by atoms with Gasteiger partial charge in [0.1, 0.15) is 0 Å². The topological polar surface area (TPSA) is 46.0 Å². The van der Waals surface area contributed by atoms with Gasteiger partial charge in [-0.05, 0) is 31.2 Å². The molecular weight excluding hydrogens is 256 g/mol. The van der Waals surface area contributed by atoms with Crippen molar-refractivity contribution in [2.75, 3.05) is 0 Å². The first-order chi connectivity index (χ1) is 9.10. The van der Waals surface area contributed by atoms with E-state index in [1.54, 1.807) is 0 Å². The Kier molecular flexibility index (Phi) is 7.39. The van der Waals surface area contributed by atoms with Crippen molar-refractivity contribution in [3.63, 3.8) is 0 Å². The molecule has 0 spiro atoms. The van der Waals surface area contributed by atoms with Gasteiger partial charge < -0.3 is 5.11 Å². The molecule has 1 aromatic rings. The van der Waals surface area contributed by atoms with Crippen molar-refractivity contribution in [1.82, 2.24) is 9.97 Å². The van der Waals surface area contributed by atoms with E-state index in [1.165, 1.54) is 25.7 Å². The van der Waals surface area contributed by atoms with Gasteiger partial charge in [-0.15, -0.1) is 12.6 Å². The molecule has 0 aliphatic heterocycles. The lowest BCUT2D eigenvalue weighted by Gasteiger charge is -2.20. The average Bonchev–Trinajstić information content (AvgIpc) is 2.42. The summed E-state index contributed by atoms with van der Waals surface area (Å²) in [6, 6.07) is 0. The number of thiol groups is 1. The number of aryl methyl sites for hydroxylation is 1. The molecule has 1 rings (SSSR count). The summed E-state index contributed by atoms with van der Waals surface area (Å²) in [6.45, 7) is 4.30. The Labute approximate surface area is 122 Å². The fraction of sp³-hybridized carbons (Fsp3) is 0.733. The highest BCUT2D eigenvalue weighted by Crippen LogP contribution is 2.28. The van der Waals surface area contributed by atoms with Crippen LogP contribution in [0.2, 0.25) is 0 Å². The van der Waals surface area contributed by atoms with Gasteiger partial charge in [-0.25, -0.2) is 9.97 Å². The van der Waals surface area contributed by atoms with Crippen LogP contribution in [0.1, 0.15) is 70.2 Å². The highest BCUT2D eigenvalue weighted by molar-refractivity contribution is 7.81. The second kappa shape index (κ2) is 8.54. The Balaban J connectivity index is 2.50. The minimum atomic E-state index is -1.20. The number of hydrogen-bond acceptors (Lipinski definition) is 4. The van der Waals surface area contributed by atoms with Crippen molar-refractivity contribution in [3.8, 4) is 0 Å². The highest BCUT2D eigenvalue weighted by Gasteiger charge is 2.26. The van der Waals surface area contributed by atoms with Crippen LogP contribution < -0.4 is 0 Å². The largest absolute Gasteiger partial charge is 0.372 e. The van der Waals surface area contributed by atoms with Crippen LogP contribution in [0.25, 0.3) is 0 Å². The van der Waals surface area contributed by atoms with E-state index in [1.807, 2.05) is 12.4 Å². The molecule has 1 aromatic heterocycles. The third kappa shape index (κ3) is 5.91. The zero-order chi connectivity index (χ0) is 14.1. The quantitative estimate of drug-likeness (QED) is 0.411. The monoisotopic (exact) mass is 282 g/mol. The second-order valence-corrected chi connectivity index (χ2v) is 5.89. The smallest absolute Gasteiger partial charge is 0.170 e. The van der Waals surface area contributed by atoms with Crippen molar-refractivity contribution in [2.45, 2.75) is 70.1 Å². The van der Waals surface area contributed by atoms with Gasteiger partial charge in [0, 0.05) is 12.4 Å². The molecular formula is C15H26N2OS. The molecule has 1 unspecified atom stereocenters.